The normalized spacial score (nSPS) is 16.7. The van der Waals surface area contributed by atoms with Crippen LogP contribution in [0.4, 0.5) is 5.82 Å². The minimum atomic E-state index is -3.39. The van der Waals surface area contributed by atoms with Crippen molar-refractivity contribution < 1.29 is 8.42 Å². The Morgan fingerprint density at radius 3 is 2.52 bits per heavy atom. The van der Waals surface area contributed by atoms with Crippen LogP contribution in [0.25, 0.3) is 0 Å². The third-order valence-electron chi connectivity index (χ3n) is 4.09. The Morgan fingerprint density at radius 2 is 1.88 bits per heavy atom. The van der Waals surface area contributed by atoms with Crippen molar-refractivity contribution >= 4 is 27.6 Å². The van der Waals surface area contributed by atoms with Crippen LogP contribution in [0, 0.1) is 0 Å². The minimum Gasteiger partial charge on any atom is -0.369 e. The predicted molar refractivity (Wildman–Crippen MR) is 102 cm³/mol. The fraction of sp³-hybridized carbons (Fsp3) is 0.389. The van der Waals surface area contributed by atoms with Gasteiger partial charge in [0.2, 0.25) is 10.0 Å². The molecule has 2 heterocycles. The van der Waals surface area contributed by atoms with Gasteiger partial charge < -0.3 is 5.32 Å². The second kappa shape index (κ2) is 8.21. The summed E-state index contributed by atoms with van der Waals surface area (Å²) in [5.74, 6) is 0.695. The lowest BCUT2D eigenvalue weighted by molar-refractivity contribution is 0.477. The molecule has 1 aromatic carbocycles. The van der Waals surface area contributed by atoms with Gasteiger partial charge in [0.15, 0.2) is 0 Å². The van der Waals surface area contributed by atoms with Crippen molar-refractivity contribution in [1.82, 2.24) is 9.29 Å². The van der Waals surface area contributed by atoms with E-state index in [4.69, 9.17) is 0 Å². The predicted octanol–water partition coefficient (Wildman–Crippen LogP) is 3.46. The SMILES string of the molecule is CC(CNc1ccc(S(=O)(=O)N2CCCC2)cn1)Sc1ccccc1. The molecule has 1 atom stereocenters. The minimum absolute atomic E-state index is 0.270. The van der Waals surface area contributed by atoms with Gasteiger partial charge in [-0.2, -0.15) is 4.31 Å². The van der Waals surface area contributed by atoms with Gasteiger partial charge in [0.05, 0.1) is 0 Å². The lowest BCUT2D eigenvalue weighted by Gasteiger charge is -2.16. The second-order valence-corrected chi connectivity index (χ2v) is 9.56. The highest BCUT2D eigenvalue weighted by atomic mass is 32.2. The Kier molecular flexibility index (Phi) is 5.98. The first-order chi connectivity index (χ1) is 12.1. The topological polar surface area (TPSA) is 62.3 Å². The van der Waals surface area contributed by atoms with Crippen molar-refractivity contribution in [1.29, 1.82) is 0 Å². The summed E-state index contributed by atoms with van der Waals surface area (Å²) >= 11 is 1.79. The van der Waals surface area contributed by atoms with Crippen molar-refractivity contribution in [2.75, 3.05) is 25.0 Å². The van der Waals surface area contributed by atoms with Crippen LogP contribution in [0.2, 0.25) is 0 Å². The zero-order valence-electron chi connectivity index (χ0n) is 14.3. The maximum Gasteiger partial charge on any atom is 0.244 e. The number of sulfonamides is 1. The molecule has 0 spiro atoms. The molecule has 0 bridgehead atoms. The van der Waals surface area contributed by atoms with E-state index in [0.717, 1.165) is 19.4 Å². The van der Waals surface area contributed by atoms with Crippen LogP contribution >= 0.6 is 11.8 Å². The van der Waals surface area contributed by atoms with Crippen LogP contribution in [0.15, 0.2) is 58.5 Å². The van der Waals surface area contributed by atoms with E-state index in [0.29, 0.717) is 24.2 Å². The zero-order valence-corrected chi connectivity index (χ0v) is 15.9. The van der Waals surface area contributed by atoms with Gasteiger partial charge >= 0.3 is 0 Å². The maximum absolute atomic E-state index is 12.5. The standard InChI is InChI=1S/C18H23N3O2S2/c1-15(24-16-7-3-2-4-8-16)13-19-18-10-9-17(14-20-18)25(22,23)21-11-5-6-12-21/h2-4,7-10,14-15H,5-6,11-13H2,1H3,(H,19,20). The number of thioether (sulfide) groups is 1. The smallest absolute Gasteiger partial charge is 0.244 e. The molecule has 7 heteroatoms. The number of rotatable bonds is 7. The highest BCUT2D eigenvalue weighted by Gasteiger charge is 2.27. The first kappa shape index (κ1) is 18.2. The molecular weight excluding hydrogens is 354 g/mol. The largest absolute Gasteiger partial charge is 0.369 e. The van der Waals surface area contributed by atoms with Crippen molar-refractivity contribution in [3.8, 4) is 0 Å². The van der Waals surface area contributed by atoms with Gasteiger partial charge in [-0.15, -0.1) is 11.8 Å². The molecule has 0 amide bonds. The fourth-order valence-corrected chi connectivity index (χ4v) is 5.14. The summed E-state index contributed by atoms with van der Waals surface area (Å²) in [6.45, 7) is 4.12. The Morgan fingerprint density at radius 1 is 1.16 bits per heavy atom. The molecule has 5 nitrogen and oxygen atoms in total. The van der Waals surface area contributed by atoms with Gasteiger partial charge in [-0.05, 0) is 37.1 Å². The zero-order chi connectivity index (χ0) is 17.7. The van der Waals surface area contributed by atoms with E-state index in [1.807, 2.05) is 18.2 Å². The Hall–Kier alpha value is -1.57. The van der Waals surface area contributed by atoms with E-state index >= 15 is 0 Å². The molecule has 0 radical (unpaired) electrons. The Balaban J connectivity index is 1.55. The molecule has 0 saturated carbocycles. The number of hydrogen-bond acceptors (Lipinski definition) is 5. The van der Waals surface area contributed by atoms with Crippen LogP contribution in [0.1, 0.15) is 19.8 Å². The van der Waals surface area contributed by atoms with Gasteiger partial charge in [-0.25, -0.2) is 13.4 Å². The van der Waals surface area contributed by atoms with E-state index < -0.39 is 10.0 Å². The summed E-state index contributed by atoms with van der Waals surface area (Å²) in [6, 6.07) is 13.6. The monoisotopic (exact) mass is 377 g/mol. The number of nitrogens with zero attached hydrogens (tertiary/aromatic N) is 2. The summed E-state index contributed by atoms with van der Waals surface area (Å²) < 4.78 is 26.5. The van der Waals surface area contributed by atoms with E-state index in [-0.39, 0.29) is 4.90 Å². The van der Waals surface area contributed by atoms with Gasteiger partial charge in [-0.3, -0.25) is 0 Å². The third-order valence-corrected chi connectivity index (χ3v) is 7.09. The van der Waals surface area contributed by atoms with Gasteiger partial charge in [0.1, 0.15) is 10.7 Å². The van der Waals surface area contributed by atoms with E-state index in [1.54, 1.807) is 23.9 Å². The lowest BCUT2D eigenvalue weighted by Crippen LogP contribution is -2.28. The Labute approximate surface area is 153 Å². The van der Waals surface area contributed by atoms with Crippen LogP contribution in [-0.4, -0.2) is 42.6 Å². The number of pyridine rings is 1. The molecule has 1 N–H and O–H groups in total. The summed E-state index contributed by atoms with van der Waals surface area (Å²) in [6.07, 6.45) is 3.32. The number of aromatic nitrogens is 1. The molecular formula is C18H23N3O2S2. The third kappa shape index (κ3) is 4.74. The number of hydrogen-bond donors (Lipinski definition) is 1. The molecule has 1 aromatic heterocycles. The van der Waals surface area contributed by atoms with E-state index in [2.05, 4.69) is 29.4 Å². The van der Waals surface area contributed by atoms with Crippen LogP contribution in [0.5, 0.6) is 0 Å². The molecule has 2 aromatic rings. The maximum atomic E-state index is 12.5. The highest BCUT2D eigenvalue weighted by molar-refractivity contribution is 8.00. The van der Waals surface area contributed by atoms with Crippen molar-refractivity contribution in [3.05, 3.63) is 48.7 Å². The van der Waals surface area contributed by atoms with Crippen molar-refractivity contribution in [3.63, 3.8) is 0 Å². The van der Waals surface area contributed by atoms with Crippen molar-refractivity contribution in [2.45, 2.75) is 34.8 Å². The average molecular weight is 378 g/mol. The van der Waals surface area contributed by atoms with Gasteiger partial charge in [0, 0.05) is 36.0 Å². The number of benzene rings is 1. The van der Waals surface area contributed by atoms with Gasteiger partial charge in [0.25, 0.3) is 0 Å². The van der Waals surface area contributed by atoms with Crippen LogP contribution in [-0.2, 0) is 10.0 Å². The number of anilines is 1. The highest BCUT2D eigenvalue weighted by Crippen LogP contribution is 2.23. The first-order valence-electron chi connectivity index (χ1n) is 8.47. The Bertz CT molecular complexity index is 774. The van der Waals surface area contributed by atoms with Crippen molar-refractivity contribution in [2.24, 2.45) is 0 Å². The van der Waals surface area contributed by atoms with Gasteiger partial charge in [-0.1, -0.05) is 25.1 Å². The lowest BCUT2D eigenvalue weighted by atomic mass is 10.4. The van der Waals surface area contributed by atoms with Crippen LogP contribution < -0.4 is 5.32 Å². The van der Waals surface area contributed by atoms with E-state index in [1.165, 1.54) is 15.4 Å². The number of nitrogens with one attached hydrogen (secondary N) is 1. The molecule has 1 aliphatic rings. The molecule has 25 heavy (non-hydrogen) atoms. The molecule has 1 fully saturated rings. The summed E-state index contributed by atoms with van der Waals surface area (Å²) in [5, 5.41) is 3.64. The first-order valence-corrected chi connectivity index (χ1v) is 10.8. The summed E-state index contributed by atoms with van der Waals surface area (Å²) in [5.41, 5.74) is 0. The molecule has 3 rings (SSSR count). The summed E-state index contributed by atoms with van der Waals surface area (Å²) in [4.78, 5) is 5.77. The quantitative estimate of drug-likeness (QED) is 0.749. The fourth-order valence-electron chi connectivity index (χ4n) is 2.74. The molecule has 1 saturated heterocycles. The molecule has 1 unspecified atom stereocenters. The molecule has 0 aliphatic carbocycles. The second-order valence-electron chi connectivity index (χ2n) is 6.11. The molecule has 134 valence electrons. The summed E-state index contributed by atoms with van der Waals surface area (Å²) in [7, 11) is -3.39. The van der Waals surface area contributed by atoms with E-state index in [9.17, 15) is 8.42 Å². The molecule has 1 aliphatic heterocycles. The average Bonchev–Trinajstić information content (AvgIpc) is 3.17. The van der Waals surface area contributed by atoms with Crippen LogP contribution in [0.3, 0.4) is 0 Å².